The Morgan fingerprint density at radius 1 is 1.20 bits per heavy atom. The molecule has 162 valence electrons. The summed E-state index contributed by atoms with van der Waals surface area (Å²) in [5.74, 6) is 0.00640. The molecule has 0 saturated heterocycles. The Balaban J connectivity index is 1.60. The molecule has 1 heterocycles. The number of carbonyl (C=O) groups excluding carboxylic acids is 2. The van der Waals surface area contributed by atoms with Crippen molar-refractivity contribution in [3.63, 3.8) is 0 Å². The largest absolute Gasteiger partial charge is 0.416 e. The Morgan fingerprint density at radius 3 is 2.63 bits per heavy atom. The van der Waals surface area contributed by atoms with E-state index in [2.05, 4.69) is 25.8 Å². The second kappa shape index (κ2) is 9.73. The van der Waals surface area contributed by atoms with E-state index in [9.17, 15) is 22.8 Å². The summed E-state index contributed by atoms with van der Waals surface area (Å²) in [4.78, 5) is 28.3. The fourth-order valence-electron chi connectivity index (χ4n) is 3.67. The second-order valence-corrected chi connectivity index (χ2v) is 7.46. The first-order valence-electron chi connectivity index (χ1n) is 9.91. The van der Waals surface area contributed by atoms with Crippen LogP contribution in [0.2, 0.25) is 0 Å². The number of hydrogen-bond donors (Lipinski definition) is 3. The standard InChI is InChI=1S/C20H24F3N5O2/c21-20(22,23)15-7-3-6-14(10-15)18(19-25-12-26-28-19)27-17(30)11-24-16(29)9-8-13-4-1-2-5-13/h3,6-7,10,12-13,18H,1-2,4-5,8-9,11H2,(H,24,29)(H,27,30)(H,25,26,28). The molecule has 1 atom stereocenters. The van der Waals surface area contributed by atoms with Crippen LogP contribution in [0.5, 0.6) is 0 Å². The van der Waals surface area contributed by atoms with Crippen molar-refractivity contribution in [1.29, 1.82) is 0 Å². The molecule has 1 aliphatic rings. The summed E-state index contributed by atoms with van der Waals surface area (Å²) in [6.07, 6.45) is 2.54. The first-order chi connectivity index (χ1) is 14.3. The lowest BCUT2D eigenvalue weighted by atomic mass is 10.0. The molecule has 10 heteroatoms. The number of amides is 2. The van der Waals surface area contributed by atoms with Gasteiger partial charge in [-0.2, -0.15) is 18.3 Å². The maximum Gasteiger partial charge on any atom is 0.416 e. The highest BCUT2D eigenvalue weighted by Crippen LogP contribution is 2.31. The molecule has 30 heavy (non-hydrogen) atoms. The first-order valence-corrected chi connectivity index (χ1v) is 9.91. The summed E-state index contributed by atoms with van der Waals surface area (Å²) >= 11 is 0. The number of aromatic nitrogens is 3. The van der Waals surface area contributed by atoms with Crippen molar-refractivity contribution in [3.05, 3.63) is 47.5 Å². The molecule has 1 aliphatic carbocycles. The fourth-order valence-corrected chi connectivity index (χ4v) is 3.67. The lowest BCUT2D eigenvalue weighted by Gasteiger charge is -2.18. The number of H-pyrrole nitrogens is 1. The maximum absolute atomic E-state index is 13.1. The molecule has 3 rings (SSSR count). The molecule has 2 amide bonds. The summed E-state index contributed by atoms with van der Waals surface area (Å²) in [5.41, 5.74) is -0.638. The molecule has 0 bridgehead atoms. The Labute approximate surface area is 171 Å². The number of halogens is 3. The van der Waals surface area contributed by atoms with Gasteiger partial charge in [-0.1, -0.05) is 37.8 Å². The first kappa shape index (κ1) is 21.8. The van der Waals surface area contributed by atoms with E-state index in [0.29, 0.717) is 12.3 Å². The summed E-state index contributed by atoms with van der Waals surface area (Å²) in [7, 11) is 0. The number of nitrogens with one attached hydrogen (secondary N) is 3. The molecule has 1 saturated carbocycles. The average molecular weight is 423 g/mol. The zero-order chi connectivity index (χ0) is 21.6. The van der Waals surface area contributed by atoms with Crippen LogP contribution in [0.25, 0.3) is 0 Å². The van der Waals surface area contributed by atoms with Gasteiger partial charge in [0.25, 0.3) is 0 Å². The van der Waals surface area contributed by atoms with Gasteiger partial charge in [0.2, 0.25) is 11.8 Å². The fraction of sp³-hybridized carbons (Fsp3) is 0.500. The number of aromatic amines is 1. The van der Waals surface area contributed by atoms with Crippen molar-refractivity contribution >= 4 is 11.8 Å². The van der Waals surface area contributed by atoms with Crippen molar-refractivity contribution in [2.45, 2.75) is 50.7 Å². The minimum atomic E-state index is -4.51. The third kappa shape index (κ3) is 6.04. The van der Waals surface area contributed by atoms with Crippen LogP contribution in [-0.4, -0.2) is 33.5 Å². The molecule has 0 radical (unpaired) electrons. The number of alkyl halides is 3. The summed E-state index contributed by atoms with van der Waals surface area (Å²) < 4.78 is 39.2. The van der Waals surface area contributed by atoms with Gasteiger partial charge in [0.1, 0.15) is 12.4 Å². The smallest absolute Gasteiger partial charge is 0.347 e. The third-order valence-corrected chi connectivity index (χ3v) is 5.26. The number of carbonyl (C=O) groups is 2. The second-order valence-electron chi connectivity index (χ2n) is 7.46. The van der Waals surface area contributed by atoms with Crippen LogP contribution in [0.1, 0.15) is 61.5 Å². The summed E-state index contributed by atoms with van der Waals surface area (Å²) in [6.45, 7) is -0.271. The molecular formula is C20H24F3N5O2. The number of benzene rings is 1. The lowest BCUT2D eigenvalue weighted by molar-refractivity contribution is -0.137. The van der Waals surface area contributed by atoms with Gasteiger partial charge in [-0.25, -0.2) is 4.98 Å². The van der Waals surface area contributed by atoms with E-state index in [0.717, 1.165) is 31.4 Å². The van der Waals surface area contributed by atoms with Crippen molar-refractivity contribution in [3.8, 4) is 0 Å². The molecular weight excluding hydrogens is 399 g/mol. The van der Waals surface area contributed by atoms with Crippen molar-refractivity contribution < 1.29 is 22.8 Å². The van der Waals surface area contributed by atoms with E-state index in [-0.39, 0.29) is 23.8 Å². The van der Waals surface area contributed by atoms with Crippen LogP contribution in [0.3, 0.4) is 0 Å². The Kier molecular flexibility index (Phi) is 7.07. The van der Waals surface area contributed by atoms with Crippen molar-refractivity contribution in [2.24, 2.45) is 5.92 Å². The Morgan fingerprint density at radius 2 is 1.97 bits per heavy atom. The molecule has 7 nitrogen and oxygen atoms in total. The molecule has 1 aromatic carbocycles. The minimum absolute atomic E-state index is 0.190. The van der Waals surface area contributed by atoms with E-state index >= 15 is 0 Å². The predicted molar refractivity (Wildman–Crippen MR) is 102 cm³/mol. The SMILES string of the molecule is O=C(CCC1CCCC1)NCC(=O)NC(c1cccc(C(F)(F)F)c1)c1ncn[nH]1. The van der Waals surface area contributed by atoms with Crippen LogP contribution in [0, 0.1) is 5.92 Å². The number of nitrogens with zero attached hydrogens (tertiary/aromatic N) is 2. The van der Waals surface area contributed by atoms with Gasteiger partial charge in [-0.3, -0.25) is 14.7 Å². The van der Waals surface area contributed by atoms with Gasteiger partial charge in [-0.05, 0) is 30.0 Å². The predicted octanol–water partition coefficient (Wildman–Crippen LogP) is 3.12. The molecule has 1 fully saturated rings. The maximum atomic E-state index is 13.1. The quantitative estimate of drug-likeness (QED) is 0.607. The zero-order valence-corrected chi connectivity index (χ0v) is 16.3. The Hall–Kier alpha value is -2.91. The normalized spacial score (nSPS) is 15.7. The van der Waals surface area contributed by atoms with Gasteiger partial charge >= 0.3 is 6.18 Å². The van der Waals surface area contributed by atoms with E-state index < -0.39 is 23.7 Å². The van der Waals surface area contributed by atoms with Crippen molar-refractivity contribution in [2.75, 3.05) is 6.54 Å². The van der Waals surface area contributed by atoms with Gasteiger partial charge in [0.05, 0.1) is 12.1 Å². The monoisotopic (exact) mass is 423 g/mol. The van der Waals surface area contributed by atoms with E-state index in [1.54, 1.807) is 0 Å². The molecule has 1 aromatic heterocycles. The van der Waals surface area contributed by atoms with Crippen LogP contribution in [-0.2, 0) is 15.8 Å². The molecule has 2 aromatic rings. The number of hydrogen-bond acceptors (Lipinski definition) is 4. The van der Waals surface area contributed by atoms with E-state index in [1.807, 2.05) is 0 Å². The van der Waals surface area contributed by atoms with E-state index in [1.165, 1.54) is 31.3 Å². The van der Waals surface area contributed by atoms with Gasteiger partial charge in [0, 0.05) is 6.42 Å². The summed E-state index contributed by atoms with van der Waals surface area (Å²) in [5, 5.41) is 11.5. The summed E-state index contributed by atoms with van der Waals surface area (Å²) in [6, 6.07) is 3.67. The Bertz CT molecular complexity index is 848. The van der Waals surface area contributed by atoms with Gasteiger partial charge in [-0.15, -0.1) is 0 Å². The van der Waals surface area contributed by atoms with Crippen LogP contribution in [0.4, 0.5) is 13.2 Å². The average Bonchev–Trinajstić information content (AvgIpc) is 3.42. The van der Waals surface area contributed by atoms with E-state index in [4.69, 9.17) is 0 Å². The van der Waals surface area contributed by atoms with Crippen LogP contribution in [0.15, 0.2) is 30.6 Å². The van der Waals surface area contributed by atoms with Crippen LogP contribution < -0.4 is 10.6 Å². The highest BCUT2D eigenvalue weighted by molar-refractivity contribution is 5.85. The highest BCUT2D eigenvalue weighted by Gasteiger charge is 2.31. The molecule has 3 N–H and O–H groups in total. The van der Waals surface area contributed by atoms with Crippen LogP contribution >= 0.6 is 0 Å². The van der Waals surface area contributed by atoms with Crippen molar-refractivity contribution in [1.82, 2.24) is 25.8 Å². The molecule has 0 aliphatic heterocycles. The minimum Gasteiger partial charge on any atom is -0.347 e. The molecule has 0 spiro atoms. The lowest BCUT2D eigenvalue weighted by Crippen LogP contribution is -2.39. The third-order valence-electron chi connectivity index (χ3n) is 5.26. The van der Waals surface area contributed by atoms with Gasteiger partial charge < -0.3 is 10.6 Å². The molecule has 1 unspecified atom stereocenters. The topological polar surface area (TPSA) is 99.8 Å². The van der Waals surface area contributed by atoms with Gasteiger partial charge in [0.15, 0.2) is 5.82 Å². The zero-order valence-electron chi connectivity index (χ0n) is 16.3. The highest BCUT2D eigenvalue weighted by atomic mass is 19.4. The number of rotatable bonds is 8.